The number of benzene rings is 2. The molecule has 1 fully saturated rings. The lowest BCUT2D eigenvalue weighted by Gasteiger charge is -2.36. The van der Waals surface area contributed by atoms with Crippen LogP contribution in [-0.2, 0) is 0 Å². The van der Waals surface area contributed by atoms with Crippen molar-refractivity contribution in [2.45, 2.75) is 0 Å². The van der Waals surface area contributed by atoms with E-state index in [4.69, 9.17) is 23.2 Å². The molecule has 0 aliphatic carbocycles. The Morgan fingerprint density at radius 2 is 1.74 bits per heavy atom. The average Bonchev–Trinajstić information content (AvgIpc) is 2.57. The van der Waals surface area contributed by atoms with Crippen LogP contribution in [0.15, 0.2) is 42.5 Å². The highest BCUT2D eigenvalue weighted by Crippen LogP contribution is 2.24. The molecule has 0 radical (unpaired) electrons. The van der Waals surface area contributed by atoms with Crippen molar-refractivity contribution >= 4 is 34.8 Å². The Hall–Kier alpha value is -1.78. The molecule has 0 atom stereocenters. The summed E-state index contributed by atoms with van der Waals surface area (Å²) in [6.45, 7) is 2.54. The van der Waals surface area contributed by atoms with E-state index in [2.05, 4.69) is 4.90 Å². The fraction of sp³-hybridized carbons (Fsp3) is 0.235. The number of hydrogen-bond donors (Lipinski definition) is 0. The van der Waals surface area contributed by atoms with Crippen LogP contribution in [0.1, 0.15) is 10.4 Å². The molecule has 2 aromatic carbocycles. The molecule has 3 nitrogen and oxygen atoms in total. The van der Waals surface area contributed by atoms with E-state index >= 15 is 0 Å². The van der Waals surface area contributed by atoms with Crippen molar-refractivity contribution in [2.24, 2.45) is 0 Å². The molecule has 0 spiro atoms. The second-order valence-corrected chi connectivity index (χ2v) is 6.23. The standard InChI is InChI=1S/C17H15Cl2FN2O/c18-13-3-1-2-12(10-13)17(23)22-8-6-21(7-9-22)14-4-5-16(20)15(19)11-14/h1-5,10-11H,6-9H2. The summed E-state index contributed by atoms with van der Waals surface area (Å²) in [6.07, 6.45) is 0. The highest BCUT2D eigenvalue weighted by Gasteiger charge is 2.22. The molecule has 2 aromatic rings. The summed E-state index contributed by atoms with van der Waals surface area (Å²) >= 11 is 11.8. The SMILES string of the molecule is O=C(c1cccc(Cl)c1)N1CCN(c2ccc(F)c(Cl)c2)CC1. The first kappa shape index (κ1) is 16.1. The minimum atomic E-state index is -0.426. The summed E-state index contributed by atoms with van der Waals surface area (Å²) in [6, 6.07) is 11.6. The largest absolute Gasteiger partial charge is 0.368 e. The molecule has 0 aromatic heterocycles. The monoisotopic (exact) mass is 352 g/mol. The normalized spacial score (nSPS) is 14.9. The molecule has 0 N–H and O–H groups in total. The van der Waals surface area contributed by atoms with Crippen molar-refractivity contribution in [3.8, 4) is 0 Å². The molecular formula is C17H15Cl2FN2O. The Kier molecular flexibility index (Phi) is 4.74. The number of piperazine rings is 1. The van der Waals surface area contributed by atoms with E-state index in [1.807, 2.05) is 0 Å². The van der Waals surface area contributed by atoms with E-state index in [1.54, 1.807) is 41.3 Å². The fourth-order valence-electron chi connectivity index (χ4n) is 2.65. The molecule has 1 aliphatic heterocycles. The van der Waals surface area contributed by atoms with Crippen LogP contribution in [0.5, 0.6) is 0 Å². The molecule has 1 aliphatic rings. The van der Waals surface area contributed by atoms with Crippen molar-refractivity contribution in [3.05, 3.63) is 63.9 Å². The molecule has 0 unspecified atom stereocenters. The van der Waals surface area contributed by atoms with Gasteiger partial charge in [0, 0.05) is 42.5 Å². The van der Waals surface area contributed by atoms with Crippen molar-refractivity contribution < 1.29 is 9.18 Å². The smallest absolute Gasteiger partial charge is 0.254 e. The number of carbonyl (C=O) groups is 1. The van der Waals surface area contributed by atoms with Gasteiger partial charge in [0.2, 0.25) is 0 Å². The number of halogens is 3. The Labute approximate surface area is 144 Å². The van der Waals surface area contributed by atoms with Crippen molar-refractivity contribution in [1.82, 2.24) is 4.90 Å². The lowest BCUT2D eigenvalue weighted by atomic mass is 10.1. The third-order valence-electron chi connectivity index (χ3n) is 3.91. The first-order valence-corrected chi connectivity index (χ1v) is 8.05. The molecule has 1 saturated heterocycles. The van der Waals surface area contributed by atoms with E-state index in [-0.39, 0.29) is 10.9 Å². The maximum atomic E-state index is 13.2. The number of carbonyl (C=O) groups excluding carboxylic acids is 1. The van der Waals surface area contributed by atoms with Crippen LogP contribution >= 0.6 is 23.2 Å². The lowest BCUT2D eigenvalue weighted by molar-refractivity contribution is 0.0747. The second kappa shape index (κ2) is 6.77. The van der Waals surface area contributed by atoms with Crippen molar-refractivity contribution in [1.29, 1.82) is 0 Å². The third-order valence-corrected chi connectivity index (χ3v) is 4.43. The topological polar surface area (TPSA) is 23.6 Å². The molecule has 0 bridgehead atoms. The van der Waals surface area contributed by atoms with Gasteiger partial charge in [-0.3, -0.25) is 4.79 Å². The number of rotatable bonds is 2. The number of nitrogens with zero attached hydrogens (tertiary/aromatic N) is 2. The Bertz CT molecular complexity index is 730. The van der Waals surface area contributed by atoms with Gasteiger partial charge >= 0.3 is 0 Å². The zero-order chi connectivity index (χ0) is 16.4. The summed E-state index contributed by atoms with van der Waals surface area (Å²) in [7, 11) is 0. The molecule has 23 heavy (non-hydrogen) atoms. The van der Waals surface area contributed by atoms with Crippen LogP contribution in [0.4, 0.5) is 10.1 Å². The van der Waals surface area contributed by atoms with Crippen molar-refractivity contribution in [2.75, 3.05) is 31.1 Å². The first-order valence-electron chi connectivity index (χ1n) is 7.29. The van der Waals surface area contributed by atoms with E-state index in [9.17, 15) is 9.18 Å². The van der Waals surface area contributed by atoms with E-state index in [1.165, 1.54) is 6.07 Å². The van der Waals surface area contributed by atoms with Crippen molar-refractivity contribution in [3.63, 3.8) is 0 Å². The van der Waals surface area contributed by atoms with Gasteiger partial charge in [-0.05, 0) is 36.4 Å². The number of anilines is 1. The molecule has 0 saturated carbocycles. The van der Waals surface area contributed by atoms with Gasteiger partial charge in [-0.2, -0.15) is 0 Å². The predicted molar refractivity (Wildman–Crippen MR) is 91.0 cm³/mol. The number of amides is 1. The zero-order valence-corrected chi connectivity index (χ0v) is 13.8. The summed E-state index contributed by atoms with van der Waals surface area (Å²) < 4.78 is 13.2. The maximum absolute atomic E-state index is 13.2. The minimum absolute atomic E-state index is 0.0238. The van der Waals surface area contributed by atoms with Crippen LogP contribution < -0.4 is 4.90 Å². The summed E-state index contributed by atoms with van der Waals surface area (Å²) in [5.41, 5.74) is 1.46. The van der Waals surface area contributed by atoms with Gasteiger partial charge in [-0.25, -0.2) is 4.39 Å². The van der Waals surface area contributed by atoms with Crippen LogP contribution in [0.25, 0.3) is 0 Å². The van der Waals surface area contributed by atoms with E-state index in [0.29, 0.717) is 36.8 Å². The van der Waals surface area contributed by atoms with E-state index in [0.717, 1.165) is 5.69 Å². The lowest BCUT2D eigenvalue weighted by Crippen LogP contribution is -2.48. The van der Waals surface area contributed by atoms with Crippen LogP contribution in [0.2, 0.25) is 10.0 Å². The summed E-state index contributed by atoms with van der Waals surface area (Å²) in [5.74, 6) is -0.450. The van der Waals surface area contributed by atoms with Gasteiger partial charge in [-0.15, -0.1) is 0 Å². The highest BCUT2D eigenvalue weighted by molar-refractivity contribution is 6.31. The molecule has 1 heterocycles. The van der Waals surface area contributed by atoms with E-state index < -0.39 is 5.82 Å². The second-order valence-electron chi connectivity index (χ2n) is 5.39. The Morgan fingerprint density at radius 3 is 2.39 bits per heavy atom. The number of hydrogen-bond acceptors (Lipinski definition) is 2. The molecular weight excluding hydrogens is 338 g/mol. The Morgan fingerprint density at radius 1 is 1.00 bits per heavy atom. The third kappa shape index (κ3) is 3.59. The van der Waals surface area contributed by atoms with Gasteiger partial charge in [0.1, 0.15) is 5.82 Å². The predicted octanol–water partition coefficient (Wildman–Crippen LogP) is 4.09. The van der Waals surface area contributed by atoms with Gasteiger partial charge in [-0.1, -0.05) is 29.3 Å². The van der Waals surface area contributed by atoms with Crippen LogP contribution in [-0.4, -0.2) is 37.0 Å². The highest BCUT2D eigenvalue weighted by atomic mass is 35.5. The van der Waals surface area contributed by atoms with Gasteiger partial charge in [0.25, 0.3) is 5.91 Å². The van der Waals surface area contributed by atoms with Gasteiger partial charge in [0.05, 0.1) is 5.02 Å². The Balaban J connectivity index is 1.66. The minimum Gasteiger partial charge on any atom is -0.368 e. The fourth-order valence-corrected chi connectivity index (χ4v) is 3.02. The van der Waals surface area contributed by atoms with Crippen LogP contribution in [0, 0.1) is 5.82 Å². The molecule has 120 valence electrons. The maximum Gasteiger partial charge on any atom is 0.254 e. The van der Waals surface area contributed by atoms with Gasteiger partial charge in [0.15, 0.2) is 0 Å². The quantitative estimate of drug-likeness (QED) is 0.812. The molecule has 6 heteroatoms. The summed E-state index contributed by atoms with van der Waals surface area (Å²) in [4.78, 5) is 16.4. The van der Waals surface area contributed by atoms with Crippen LogP contribution in [0.3, 0.4) is 0 Å². The first-order chi connectivity index (χ1) is 11.0. The van der Waals surface area contributed by atoms with Gasteiger partial charge < -0.3 is 9.80 Å². The summed E-state index contributed by atoms with van der Waals surface area (Å²) in [5, 5.41) is 0.662. The molecule has 1 amide bonds. The molecule has 3 rings (SSSR count). The zero-order valence-electron chi connectivity index (χ0n) is 12.3. The average molecular weight is 353 g/mol.